The number of nitrogens with zero attached hydrogens (tertiary/aromatic N) is 3. The summed E-state index contributed by atoms with van der Waals surface area (Å²) in [4.78, 5) is 10.5. The van der Waals surface area contributed by atoms with Crippen LogP contribution in [-0.2, 0) is 13.1 Å². The summed E-state index contributed by atoms with van der Waals surface area (Å²) in [7, 11) is 2.06. The molecular formula is C13H14ClN3. The number of rotatable bonds is 4. The van der Waals surface area contributed by atoms with Crippen molar-refractivity contribution in [2.45, 2.75) is 13.1 Å². The van der Waals surface area contributed by atoms with Gasteiger partial charge in [-0.15, -0.1) is 0 Å². The van der Waals surface area contributed by atoms with Crippen LogP contribution in [0.4, 0.5) is 0 Å². The van der Waals surface area contributed by atoms with Crippen molar-refractivity contribution in [1.29, 1.82) is 0 Å². The van der Waals surface area contributed by atoms with Crippen LogP contribution in [0.2, 0.25) is 5.15 Å². The fourth-order valence-corrected chi connectivity index (χ4v) is 1.75. The summed E-state index contributed by atoms with van der Waals surface area (Å²) in [6.07, 6.45) is 3.62. The van der Waals surface area contributed by atoms with Crippen molar-refractivity contribution in [2.75, 3.05) is 7.05 Å². The maximum atomic E-state index is 5.74. The van der Waals surface area contributed by atoms with Gasteiger partial charge in [0, 0.05) is 25.5 Å². The molecule has 4 heteroatoms. The normalized spacial score (nSPS) is 10.8. The molecule has 0 aliphatic carbocycles. The van der Waals surface area contributed by atoms with E-state index in [0.29, 0.717) is 5.15 Å². The average molecular weight is 248 g/mol. The summed E-state index contributed by atoms with van der Waals surface area (Å²) in [6, 6.07) is 9.75. The Labute approximate surface area is 106 Å². The first-order valence-electron chi connectivity index (χ1n) is 5.43. The van der Waals surface area contributed by atoms with E-state index in [1.807, 2.05) is 36.5 Å². The highest BCUT2D eigenvalue weighted by molar-refractivity contribution is 6.29. The molecule has 0 fully saturated rings. The second-order valence-electron chi connectivity index (χ2n) is 3.98. The lowest BCUT2D eigenvalue weighted by Gasteiger charge is -2.15. The van der Waals surface area contributed by atoms with E-state index in [0.717, 1.165) is 24.3 Å². The van der Waals surface area contributed by atoms with Gasteiger partial charge in [-0.3, -0.25) is 9.88 Å². The molecule has 0 spiro atoms. The van der Waals surface area contributed by atoms with Crippen LogP contribution in [0.1, 0.15) is 11.3 Å². The molecule has 2 heterocycles. The molecule has 0 aliphatic heterocycles. The molecule has 0 amide bonds. The molecule has 0 N–H and O–H groups in total. The highest BCUT2D eigenvalue weighted by Crippen LogP contribution is 2.08. The van der Waals surface area contributed by atoms with E-state index in [9.17, 15) is 0 Å². The van der Waals surface area contributed by atoms with Gasteiger partial charge in [-0.1, -0.05) is 23.7 Å². The van der Waals surface area contributed by atoms with Gasteiger partial charge in [-0.2, -0.15) is 0 Å². The Morgan fingerprint density at radius 1 is 1.12 bits per heavy atom. The number of hydrogen-bond donors (Lipinski definition) is 0. The first kappa shape index (κ1) is 12.0. The molecule has 88 valence electrons. The third-order valence-electron chi connectivity index (χ3n) is 2.40. The minimum absolute atomic E-state index is 0.529. The summed E-state index contributed by atoms with van der Waals surface area (Å²) in [5.41, 5.74) is 2.21. The first-order chi connectivity index (χ1) is 8.24. The Balaban J connectivity index is 1.93. The second kappa shape index (κ2) is 5.75. The monoisotopic (exact) mass is 247 g/mol. The molecule has 0 unspecified atom stereocenters. The summed E-state index contributed by atoms with van der Waals surface area (Å²) in [6.45, 7) is 1.66. The van der Waals surface area contributed by atoms with E-state index in [1.165, 1.54) is 0 Å². The maximum Gasteiger partial charge on any atom is 0.129 e. The average Bonchev–Trinajstić information content (AvgIpc) is 2.33. The lowest BCUT2D eigenvalue weighted by atomic mass is 10.2. The maximum absolute atomic E-state index is 5.74. The lowest BCUT2D eigenvalue weighted by Crippen LogP contribution is -2.17. The minimum atomic E-state index is 0.529. The molecule has 0 bridgehead atoms. The van der Waals surface area contributed by atoms with Crippen molar-refractivity contribution in [3.8, 4) is 0 Å². The third-order valence-corrected chi connectivity index (χ3v) is 2.62. The molecule has 3 nitrogen and oxygen atoms in total. The number of aromatic nitrogens is 2. The minimum Gasteiger partial charge on any atom is -0.296 e. The smallest absolute Gasteiger partial charge is 0.129 e. The van der Waals surface area contributed by atoms with Gasteiger partial charge in [0.15, 0.2) is 0 Å². The Morgan fingerprint density at radius 3 is 2.65 bits per heavy atom. The molecule has 17 heavy (non-hydrogen) atoms. The van der Waals surface area contributed by atoms with Gasteiger partial charge in [-0.25, -0.2) is 4.98 Å². The molecule has 2 aromatic heterocycles. The van der Waals surface area contributed by atoms with Gasteiger partial charge >= 0.3 is 0 Å². The molecule has 0 radical (unpaired) electrons. The van der Waals surface area contributed by atoms with Gasteiger partial charge < -0.3 is 0 Å². The van der Waals surface area contributed by atoms with Gasteiger partial charge in [0.05, 0.1) is 5.69 Å². The largest absolute Gasteiger partial charge is 0.296 e. The van der Waals surface area contributed by atoms with Crippen molar-refractivity contribution in [1.82, 2.24) is 14.9 Å². The molecule has 0 atom stereocenters. The molecule has 0 saturated heterocycles. The lowest BCUT2D eigenvalue weighted by molar-refractivity contribution is 0.315. The Hall–Kier alpha value is -1.45. The van der Waals surface area contributed by atoms with Gasteiger partial charge in [0.2, 0.25) is 0 Å². The fraction of sp³-hybridized carbons (Fsp3) is 0.231. The van der Waals surface area contributed by atoms with E-state index in [-0.39, 0.29) is 0 Å². The zero-order valence-electron chi connectivity index (χ0n) is 9.68. The van der Waals surface area contributed by atoms with E-state index < -0.39 is 0 Å². The van der Waals surface area contributed by atoms with Crippen molar-refractivity contribution in [3.05, 3.63) is 59.1 Å². The van der Waals surface area contributed by atoms with Crippen LogP contribution in [0.25, 0.3) is 0 Å². The molecule has 2 rings (SSSR count). The zero-order valence-corrected chi connectivity index (χ0v) is 10.4. The van der Waals surface area contributed by atoms with Crippen LogP contribution in [0.5, 0.6) is 0 Å². The van der Waals surface area contributed by atoms with Crippen molar-refractivity contribution in [2.24, 2.45) is 0 Å². The van der Waals surface area contributed by atoms with Crippen molar-refractivity contribution < 1.29 is 0 Å². The zero-order chi connectivity index (χ0) is 12.1. The number of hydrogen-bond acceptors (Lipinski definition) is 3. The molecule has 0 saturated carbocycles. The highest BCUT2D eigenvalue weighted by Gasteiger charge is 2.02. The molecule has 2 aromatic rings. The van der Waals surface area contributed by atoms with Crippen LogP contribution in [-0.4, -0.2) is 21.9 Å². The van der Waals surface area contributed by atoms with E-state index in [1.54, 1.807) is 6.20 Å². The van der Waals surface area contributed by atoms with Crippen LogP contribution < -0.4 is 0 Å². The summed E-state index contributed by atoms with van der Waals surface area (Å²) < 4.78 is 0. The van der Waals surface area contributed by atoms with Crippen LogP contribution in [0, 0.1) is 0 Å². The van der Waals surface area contributed by atoms with Crippen LogP contribution in [0.15, 0.2) is 42.7 Å². The van der Waals surface area contributed by atoms with E-state index in [2.05, 4.69) is 21.9 Å². The van der Waals surface area contributed by atoms with Crippen LogP contribution >= 0.6 is 11.6 Å². The second-order valence-corrected chi connectivity index (χ2v) is 4.37. The Bertz CT molecular complexity index is 456. The van der Waals surface area contributed by atoms with E-state index in [4.69, 9.17) is 11.6 Å². The summed E-state index contributed by atoms with van der Waals surface area (Å²) >= 11 is 5.74. The first-order valence-corrected chi connectivity index (χ1v) is 5.81. The fourth-order valence-electron chi connectivity index (χ4n) is 1.64. The predicted octanol–water partition coefficient (Wildman–Crippen LogP) is 2.76. The van der Waals surface area contributed by atoms with Gasteiger partial charge in [0.1, 0.15) is 5.15 Å². The van der Waals surface area contributed by atoms with Crippen molar-refractivity contribution in [3.63, 3.8) is 0 Å². The molecular weight excluding hydrogens is 234 g/mol. The standard InChI is InChI=1S/C13H14ClN3/c1-17(10-12-4-2-3-7-15-12)9-11-5-6-13(14)16-8-11/h2-8H,9-10H2,1H3. The number of pyridine rings is 2. The van der Waals surface area contributed by atoms with Gasteiger partial charge in [-0.05, 0) is 30.8 Å². The van der Waals surface area contributed by atoms with Crippen molar-refractivity contribution >= 4 is 11.6 Å². The highest BCUT2D eigenvalue weighted by atomic mass is 35.5. The van der Waals surface area contributed by atoms with Gasteiger partial charge in [0.25, 0.3) is 0 Å². The topological polar surface area (TPSA) is 29.0 Å². The quantitative estimate of drug-likeness (QED) is 0.778. The molecule has 0 aliphatic rings. The SMILES string of the molecule is CN(Cc1ccc(Cl)nc1)Cc1ccccn1. The van der Waals surface area contributed by atoms with Crippen LogP contribution in [0.3, 0.4) is 0 Å². The Morgan fingerprint density at radius 2 is 2.00 bits per heavy atom. The predicted molar refractivity (Wildman–Crippen MR) is 68.7 cm³/mol. The molecule has 0 aromatic carbocycles. The summed E-state index contributed by atoms with van der Waals surface area (Å²) in [5.74, 6) is 0. The van der Waals surface area contributed by atoms with E-state index >= 15 is 0 Å². The Kier molecular flexibility index (Phi) is 4.07. The third kappa shape index (κ3) is 3.80. The summed E-state index contributed by atoms with van der Waals surface area (Å²) in [5, 5.41) is 0.529. The number of halogens is 1.